The van der Waals surface area contributed by atoms with Gasteiger partial charge in [0, 0.05) is 22.4 Å². The molecule has 2 N–H and O–H groups in total. The van der Waals surface area contributed by atoms with E-state index in [4.69, 9.17) is 9.11 Å². The molecule has 6 nitrogen and oxygen atoms in total. The molecule has 0 aliphatic carbocycles. The predicted molar refractivity (Wildman–Crippen MR) is 32.6 cm³/mol. The second-order valence-corrected chi connectivity index (χ2v) is 5.37. The fourth-order valence-corrected chi connectivity index (χ4v) is 1.38. The molecule has 0 saturated heterocycles. The van der Waals surface area contributed by atoms with Crippen LogP contribution >= 0.6 is 0 Å². The van der Waals surface area contributed by atoms with E-state index in [1.54, 1.807) is 0 Å². The molecule has 0 heterocycles. The molecule has 73 valence electrons. The Morgan fingerprint density at radius 3 is 1.18 bits per heavy atom. The molecule has 0 rings (SSSR count). The summed E-state index contributed by atoms with van der Waals surface area (Å²) < 4.78 is 53.9. The summed E-state index contributed by atoms with van der Waals surface area (Å²) >= 11 is 0. The van der Waals surface area contributed by atoms with Crippen LogP contribution in [-0.4, -0.2) is 30.5 Å². The van der Waals surface area contributed by atoms with Crippen molar-refractivity contribution in [2.24, 2.45) is 0 Å². The Labute approximate surface area is 80.0 Å². The van der Waals surface area contributed by atoms with Crippen molar-refractivity contribution < 1.29 is 48.3 Å². The molecular weight excluding hydrogens is 292 g/mol. The first kappa shape index (κ1) is 14.1. The smallest absolute Gasteiger partial charge is 0.284 e. The molecule has 0 amide bonds. The van der Waals surface area contributed by atoms with Crippen LogP contribution in [0.3, 0.4) is 0 Å². The zero-order chi connectivity index (χ0) is 8.58. The first-order valence-electron chi connectivity index (χ1n) is 2.08. The summed E-state index contributed by atoms with van der Waals surface area (Å²) in [5, 5.41) is 0. The fraction of sp³-hybridized carbons (Fsp3) is 1.00. The van der Waals surface area contributed by atoms with E-state index in [9.17, 15) is 16.8 Å². The molecule has 0 atom stereocenters. The molecule has 0 bridgehead atoms. The molecule has 0 aliphatic rings. The molecule has 9 heteroatoms. The van der Waals surface area contributed by atoms with Gasteiger partial charge in [-0.25, -0.2) is 0 Å². The van der Waals surface area contributed by atoms with Crippen molar-refractivity contribution in [2.75, 3.05) is 0 Å². The molecule has 0 saturated carbocycles. The van der Waals surface area contributed by atoms with E-state index < -0.39 is 24.8 Å². The van der Waals surface area contributed by atoms with Gasteiger partial charge in [0.1, 0.15) is 0 Å². The average Bonchev–Trinajstić information content (AvgIpc) is 1.59. The molecule has 0 aromatic rings. The normalized spacial score (nSPS) is 12.7. The zero-order valence-electron chi connectivity index (χ0n) is 5.22. The van der Waals surface area contributed by atoms with Crippen molar-refractivity contribution in [2.45, 2.75) is 11.5 Å². The third-order valence-corrected chi connectivity index (χ3v) is 3.98. The standard InChI is InChI=1S/C2H6O6S2.Ag/c1-2(9(3,4)5)10(6,7)8;/h2H,1H3,(H,3,4,5)(H,6,7,8);. The number of rotatable bonds is 2. The Kier molecular flexibility index (Phi) is 5.11. The molecule has 1 radical (unpaired) electrons. The molecule has 11 heavy (non-hydrogen) atoms. The van der Waals surface area contributed by atoms with Crippen LogP contribution in [0.25, 0.3) is 0 Å². The monoisotopic (exact) mass is 297 g/mol. The Balaban J connectivity index is 0. The van der Waals surface area contributed by atoms with E-state index in [1.807, 2.05) is 0 Å². The maximum atomic E-state index is 9.99. The van der Waals surface area contributed by atoms with Crippen LogP contribution in [0.5, 0.6) is 0 Å². The first-order chi connectivity index (χ1) is 4.15. The first-order valence-corrected chi connectivity index (χ1v) is 5.09. The van der Waals surface area contributed by atoms with Gasteiger partial charge in [0.2, 0.25) is 4.58 Å². The third kappa shape index (κ3) is 4.91. The second-order valence-electron chi connectivity index (χ2n) is 1.60. The molecular formula is C2H6AgO6S2. The average molecular weight is 298 g/mol. The summed E-state index contributed by atoms with van der Waals surface area (Å²) in [6, 6.07) is 0. The van der Waals surface area contributed by atoms with Gasteiger partial charge in [-0.05, 0) is 6.92 Å². The summed E-state index contributed by atoms with van der Waals surface area (Å²) in [6.45, 7) is 0.657. The minimum Gasteiger partial charge on any atom is -0.284 e. The number of hydrogen-bond donors (Lipinski definition) is 2. The van der Waals surface area contributed by atoms with Crippen LogP contribution in [0.15, 0.2) is 0 Å². The van der Waals surface area contributed by atoms with Crippen molar-refractivity contribution in [3.05, 3.63) is 0 Å². The van der Waals surface area contributed by atoms with Crippen LogP contribution in [0.2, 0.25) is 0 Å². The van der Waals surface area contributed by atoms with Gasteiger partial charge in [-0.15, -0.1) is 0 Å². The van der Waals surface area contributed by atoms with Crippen LogP contribution in [0, 0.1) is 0 Å². The molecule has 0 aromatic heterocycles. The van der Waals surface area contributed by atoms with Crippen LogP contribution < -0.4 is 0 Å². The summed E-state index contributed by atoms with van der Waals surface area (Å²) in [5.41, 5.74) is 0. The van der Waals surface area contributed by atoms with Crippen molar-refractivity contribution >= 4 is 20.2 Å². The van der Waals surface area contributed by atoms with E-state index in [-0.39, 0.29) is 22.4 Å². The van der Waals surface area contributed by atoms with E-state index in [2.05, 4.69) is 0 Å². The topological polar surface area (TPSA) is 109 Å². The van der Waals surface area contributed by atoms with Crippen LogP contribution in [0.1, 0.15) is 6.92 Å². The molecule has 0 fully saturated rings. The molecule has 0 unspecified atom stereocenters. The zero-order valence-corrected chi connectivity index (χ0v) is 8.34. The largest absolute Gasteiger partial charge is 0.284 e. The van der Waals surface area contributed by atoms with Gasteiger partial charge >= 0.3 is 0 Å². The van der Waals surface area contributed by atoms with Gasteiger partial charge in [-0.1, -0.05) is 0 Å². The third-order valence-electron chi connectivity index (χ3n) is 0.839. The van der Waals surface area contributed by atoms with Gasteiger partial charge in [-0.3, -0.25) is 9.11 Å². The fourth-order valence-electron chi connectivity index (χ4n) is 0.154. The summed E-state index contributed by atoms with van der Waals surface area (Å²) in [6.07, 6.45) is 0. The SMILES string of the molecule is CC(S(=O)(=O)O)S(=O)(=O)O.[Ag]. The molecule has 0 spiro atoms. The van der Waals surface area contributed by atoms with Crippen molar-refractivity contribution in [1.29, 1.82) is 0 Å². The Bertz CT molecular complexity index is 267. The summed E-state index contributed by atoms with van der Waals surface area (Å²) in [7, 11) is -9.40. The summed E-state index contributed by atoms with van der Waals surface area (Å²) in [4.78, 5) is 0. The van der Waals surface area contributed by atoms with Gasteiger partial charge in [0.05, 0.1) is 0 Å². The van der Waals surface area contributed by atoms with Gasteiger partial charge in [0.25, 0.3) is 20.2 Å². The van der Waals surface area contributed by atoms with E-state index in [1.165, 1.54) is 0 Å². The van der Waals surface area contributed by atoms with Crippen molar-refractivity contribution in [3.63, 3.8) is 0 Å². The quantitative estimate of drug-likeness (QED) is 0.505. The van der Waals surface area contributed by atoms with E-state index in [0.29, 0.717) is 6.92 Å². The maximum Gasteiger partial charge on any atom is 0.284 e. The van der Waals surface area contributed by atoms with Crippen LogP contribution in [0.4, 0.5) is 0 Å². The van der Waals surface area contributed by atoms with Gasteiger partial charge < -0.3 is 0 Å². The van der Waals surface area contributed by atoms with E-state index >= 15 is 0 Å². The summed E-state index contributed by atoms with van der Waals surface area (Å²) in [5.74, 6) is 0. The van der Waals surface area contributed by atoms with E-state index in [0.717, 1.165) is 0 Å². The van der Waals surface area contributed by atoms with Gasteiger partial charge in [0.15, 0.2) is 0 Å². The van der Waals surface area contributed by atoms with Crippen LogP contribution in [-0.2, 0) is 42.6 Å². The number of hydrogen-bond acceptors (Lipinski definition) is 4. The van der Waals surface area contributed by atoms with Crippen molar-refractivity contribution in [3.8, 4) is 0 Å². The predicted octanol–water partition coefficient (Wildman–Crippen LogP) is -0.894. The Morgan fingerprint density at radius 2 is 1.18 bits per heavy atom. The second kappa shape index (κ2) is 3.99. The maximum absolute atomic E-state index is 9.99. The minimum atomic E-state index is -4.70. The minimum absolute atomic E-state index is 0. The Hall–Kier alpha value is 0.560. The molecule has 0 aromatic carbocycles. The molecule has 0 aliphatic heterocycles. The van der Waals surface area contributed by atoms with Gasteiger partial charge in [-0.2, -0.15) is 16.8 Å². The Morgan fingerprint density at radius 1 is 1.00 bits per heavy atom. The van der Waals surface area contributed by atoms with Crippen molar-refractivity contribution in [1.82, 2.24) is 0 Å².